The van der Waals surface area contributed by atoms with Crippen LogP contribution in [0.4, 0.5) is 17.2 Å². The van der Waals surface area contributed by atoms with Gasteiger partial charge in [0.25, 0.3) is 0 Å². The van der Waals surface area contributed by atoms with Gasteiger partial charge in [-0.25, -0.2) is 4.98 Å². The van der Waals surface area contributed by atoms with Gasteiger partial charge < -0.3 is 15.4 Å². The summed E-state index contributed by atoms with van der Waals surface area (Å²) < 4.78 is 5.32. The van der Waals surface area contributed by atoms with Crippen molar-refractivity contribution in [3.05, 3.63) is 41.6 Å². The number of halogens is 1. The Labute approximate surface area is 124 Å². The van der Waals surface area contributed by atoms with Gasteiger partial charge in [-0.1, -0.05) is 18.5 Å². The van der Waals surface area contributed by atoms with Gasteiger partial charge in [0.05, 0.1) is 12.8 Å². The van der Waals surface area contributed by atoms with E-state index in [0.717, 1.165) is 35.9 Å². The molecule has 0 unspecified atom stereocenters. The van der Waals surface area contributed by atoms with Crippen LogP contribution in [0.15, 0.2) is 36.5 Å². The average molecular weight is 292 g/mol. The summed E-state index contributed by atoms with van der Waals surface area (Å²) in [6.07, 6.45) is 2.82. The molecule has 1 heterocycles. The molecule has 0 bridgehead atoms. The summed E-state index contributed by atoms with van der Waals surface area (Å²) in [6.45, 7) is 3.02. The van der Waals surface area contributed by atoms with E-state index in [9.17, 15) is 0 Å². The Morgan fingerprint density at radius 1 is 1.25 bits per heavy atom. The summed E-state index contributed by atoms with van der Waals surface area (Å²) in [5.74, 6) is 1.59. The highest BCUT2D eigenvalue weighted by atomic mass is 35.5. The number of hydrogen-bond donors (Lipinski definition) is 2. The van der Waals surface area contributed by atoms with E-state index in [1.54, 1.807) is 19.4 Å². The second-order valence-electron chi connectivity index (χ2n) is 4.33. The predicted molar refractivity (Wildman–Crippen MR) is 84.3 cm³/mol. The molecule has 2 aromatic rings. The molecule has 0 fully saturated rings. The Hall–Kier alpha value is -1.94. The third-order valence-corrected chi connectivity index (χ3v) is 2.99. The van der Waals surface area contributed by atoms with E-state index < -0.39 is 0 Å². The van der Waals surface area contributed by atoms with Gasteiger partial charge in [-0.15, -0.1) is 0 Å². The molecule has 0 aliphatic rings. The molecule has 2 N–H and O–H groups in total. The minimum Gasteiger partial charge on any atom is -0.495 e. The summed E-state index contributed by atoms with van der Waals surface area (Å²) in [6, 6.07) is 9.32. The second kappa shape index (κ2) is 7.01. The fourth-order valence-corrected chi connectivity index (χ4v) is 1.96. The summed E-state index contributed by atoms with van der Waals surface area (Å²) in [5.41, 5.74) is 1.76. The molecule has 1 aromatic carbocycles. The van der Waals surface area contributed by atoms with E-state index in [1.165, 1.54) is 0 Å². The number of nitrogens with zero attached hydrogens (tertiary/aromatic N) is 1. The predicted octanol–water partition coefficient (Wildman–Crippen LogP) is 4.31. The lowest BCUT2D eigenvalue weighted by Gasteiger charge is -2.12. The molecular formula is C15H18ClN3O. The van der Waals surface area contributed by atoms with Crippen LogP contribution in [0.2, 0.25) is 5.02 Å². The highest BCUT2D eigenvalue weighted by Crippen LogP contribution is 2.30. The number of nitrogens with one attached hydrogen (secondary N) is 2. The third-order valence-electron chi connectivity index (χ3n) is 2.76. The Morgan fingerprint density at radius 3 is 2.85 bits per heavy atom. The maximum absolute atomic E-state index is 6.02. The first kappa shape index (κ1) is 14.5. The zero-order valence-electron chi connectivity index (χ0n) is 11.6. The molecule has 106 valence electrons. The van der Waals surface area contributed by atoms with Gasteiger partial charge in [-0.3, -0.25) is 0 Å². The zero-order chi connectivity index (χ0) is 14.4. The van der Waals surface area contributed by atoms with E-state index in [0.29, 0.717) is 5.02 Å². The molecular weight excluding hydrogens is 274 g/mol. The van der Waals surface area contributed by atoms with Crippen molar-refractivity contribution >= 4 is 28.8 Å². The van der Waals surface area contributed by atoms with Crippen LogP contribution >= 0.6 is 11.6 Å². The highest BCUT2D eigenvalue weighted by Gasteiger charge is 2.05. The van der Waals surface area contributed by atoms with Crippen molar-refractivity contribution in [2.75, 3.05) is 24.3 Å². The quantitative estimate of drug-likeness (QED) is 0.832. The molecule has 1 aromatic heterocycles. The third kappa shape index (κ3) is 3.78. The summed E-state index contributed by atoms with van der Waals surface area (Å²) >= 11 is 6.02. The number of hydrogen-bond acceptors (Lipinski definition) is 4. The molecule has 0 saturated heterocycles. The first-order chi connectivity index (χ1) is 9.72. The number of anilines is 3. The number of aromatic nitrogens is 1. The van der Waals surface area contributed by atoms with Crippen LogP contribution in [-0.2, 0) is 0 Å². The van der Waals surface area contributed by atoms with Crippen molar-refractivity contribution < 1.29 is 4.74 Å². The standard InChI is InChI=1S/C15H18ClN3O/c1-3-7-17-15-10-12(6-8-18-15)19-13-9-11(16)4-5-14(13)20-2/h4-6,8-10H,3,7H2,1-2H3,(H2,17,18,19). The number of pyridine rings is 1. The zero-order valence-corrected chi connectivity index (χ0v) is 12.4. The number of rotatable bonds is 6. The van der Waals surface area contributed by atoms with Gasteiger partial charge in [0.2, 0.25) is 0 Å². The molecule has 0 aliphatic carbocycles. The van der Waals surface area contributed by atoms with Crippen LogP contribution in [0.3, 0.4) is 0 Å². The molecule has 0 radical (unpaired) electrons. The van der Waals surface area contributed by atoms with Crippen LogP contribution in [0.5, 0.6) is 5.75 Å². The minimum atomic E-state index is 0.659. The summed E-state index contributed by atoms with van der Waals surface area (Å²) in [4.78, 5) is 4.27. The maximum atomic E-state index is 6.02. The molecule has 20 heavy (non-hydrogen) atoms. The fraction of sp³-hybridized carbons (Fsp3) is 0.267. The molecule has 4 nitrogen and oxygen atoms in total. The normalized spacial score (nSPS) is 10.2. The van der Waals surface area contributed by atoms with Crippen LogP contribution in [0.1, 0.15) is 13.3 Å². The molecule has 0 aliphatic heterocycles. The number of methoxy groups -OCH3 is 1. The van der Waals surface area contributed by atoms with Gasteiger partial charge in [0, 0.05) is 29.5 Å². The van der Waals surface area contributed by atoms with Crippen molar-refractivity contribution in [1.82, 2.24) is 4.98 Å². The smallest absolute Gasteiger partial charge is 0.142 e. The van der Waals surface area contributed by atoms with E-state index >= 15 is 0 Å². The fourth-order valence-electron chi connectivity index (χ4n) is 1.79. The Kier molecular flexibility index (Phi) is 5.07. The van der Waals surface area contributed by atoms with E-state index in [-0.39, 0.29) is 0 Å². The lowest BCUT2D eigenvalue weighted by atomic mass is 10.2. The van der Waals surface area contributed by atoms with Crippen molar-refractivity contribution in [3.63, 3.8) is 0 Å². The van der Waals surface area contributed by atoms with Gasteiger partial charge in [-0.2, -0.15) is 0 Å². The maximum Gasteiger partial charge on any atom is 0.142 e. The Morgan fingerprint density at radius 2 is 2.10 bits per heavy atom. The molecule has 0 atom stereocenters. The van der Waals surface area contributed by atoms with E-state index in [2.05, 4.69) is 22.5 Å². The van der Waals surface area contributed by atoms with E-state index in [1.807, 2.05) is 24.3 Å². The Bertz CT molecular complexity index is 575. The SMILES string of the molecule is CCCNc1cc(Nc2cc(Cl)ccc2OC)ccn1. The van der Waals surface area contributed by atoms with Crippen LogP contribution in [0, 0.1) is 0 Å². The molecule has 2 rings (SSSR count). The van der Waals surface area contributed by atoms with Crippen molar-refractivity contribution in [1.29, 1.82) is 0 Å². The summed E-state index contributed by atoms with van der Waals surface area (Å²) in [5, 5.41) is 7.20. The largest absolute Gasteiger partial charge is 0.495 e. The molecule has 5 heteroatoms. The van der Waals surface area contributed by atoms with Crippen LogP contribution in [-0.4, -0.2) is 18.6 Å². The van der Waals surface area contributed by atoms with E-state index in [4.69, 9.17) is 16.3 Å². The van der Waals surface area contributed by atoms with Gasteiger partial charge >= 0.3 is 0 Å². The topological polar surface area (TPSA) is 46.2 Å². The van der Waals surface area contributed by atoms with Crippen molar-refractivity contribution in [3.8, 4) is 5.75 Å². The molecule has 0 saturated carbocycles. The lowest BCUT2D eigenvalue weighted by Crippen LogP contribution is -2.02. The lowest BCUT2D eigenvalue weighted by molar-refractivity contribution is 0.417. The first-order valence-corrected chi connectivity index (χ1v) is 6.91. The minimum absolute atomic E-state index is 0.659. The number of benzene rings is 1. The van der Waals surface area contributed by atoms with Crippen molar-refractivity contribution in [2.24, 2.45) is 0 Å². The van der Waals surface area contributed by atoms with Crippen molar-refractivity contribution in [2.45, 2.75) is 13.3 Å². The first-order valence-electron chi connectivity index (χ1n) is 6.53. The van der Waals surface area contributed by atoms with Gasteiger partial charge in [0.15, 0.2) is 0 Å². The monoisotopic (exact) mass is 291 g/mol. The second-order valence-corrected chi connectivity index (χ2v) is 4.76. The van der Waals surface area contributed by atoms with Gasteiger partial charge in [-0.05, 0) is 30.7 Å². The van der Waals surface area contributed by atoms with Crippen LogP contribution in [0.25, 0.3) is 0 Å². The highest BCUT2D eigenvalue weighted by molar-refractivity contribution is 6.31. The van der Waals surface area contributed by atoms with Crippen LogP contribution < -0.4 is 15.4 Å². The van der Waals surface area contributed by atoms with Gasteiger partial charge in [0.1, 0.15) is 11.6 Å². The molecule has 0 spiro atoms. The Balaban J connectivity index is 2.19. The molecule has 0 amide bonds. The number of ether oxygens (including phenoxy) is 1. The average Bonchev–Trinajstić information content (AvgIpc) is 2.46. The summed E-state index contributed by atoms with van der Waals surface area (Å²) in [7, 11) is 1.63.